The van der Waals surface area contributed by atoms with Crippen LogP contribution in [-0.2, 0) is 28.7 Å². The number of halogens is 3. The topological polar surface area (TPSA) is 173 Å². The van der Waals surface area contributed by atoms with E-state index in [9.17, 15) is 48.0 Å². The lowest BCUT2D eigenvalue weighted by molar-refractivity contribution is -0.148. The van der Waals surface area contributed by atoms with Crippen molar-refractivity contribution in [2.75, 3.05) is 14.1 Å². The van der Waals surface area contributed by atoms with Gasteiger partial charge in [0.15, 0.2) is 11.4 Å². The number of aliphatic hydroxyl groups is 3. The highest BCUT2D eigenvalue weighted by Gasteiger charge is 2.63. The molecule has 3 aliphatic rings. The second-order valence-electron chi connectivity index (χ2n) is 11.8. The number of hydrogen-bond donors (Lipinski definition) is 6. The Morgan fingerprint density at radius 2 is 1.80 bits per heavy atom. The largest absolute Gasteiger partial charge is 0.510 e. The van der Waals surface area contributed by atoms with E-state index in [1.54, 1.807) is 0 Å². The molecule has 224 valence electrons. The maximum absolute atomic E-state index is 14.6. The second-order valence-corrected chi connectivity index (χ2v) is 11.8. The number of Topliss-reactive ketones (excluding diaryl/α,β-unsaturated/α-hetero) is 2. The maximum atomic E-state index is 14.6. The maximum Gasteiger partial charge on any atom is 0.417 e. The molecule has 0 saturated carbocycles. The molecule has 0 unspecified atom stereocenters. The standard InChI is InChI=1S/C28H34F3N3O7/c1-6-26(2,3)33-10-12-9-15(35)17-13(19(12)28(29,30)31)7-11-8-14-20(34(4)5)22(37)18(25(32)40)24(39)27(14,41)23(38)16(11)21(17)36/h9,11,14,20,33,35,37-38,41H,6-8,10H2,1-5H3,(H2,32,40)/t11-,14-,20-,27-/m0/s1. The van der Waals surface area contributed by atoms with Gasteiger partial charge in [0, 0.05) is 23.6 Å². The number of nitrogens with one attached hydrogen (secondary N) is 1. The van der Waals surface area contributed by atoms with Gasteiger partial charge in [0.1, 0.15) is 22.8 Å². The Bertz CT molecular complexity index is 1410. The number of aliphatic hydroxyl groups excluding tert-OH is 2. The smallest absolute Gasteiger partial charge is 0.417 e. The van der Waals surface area contributed by atoms with Crippen LogP contribution in [0, 0.1) is 11.8 Å². The number of fused-ring (bicyclic) bond motifs is 3. The number of alkyl halides is 3. The van der Waals surface area contributed by atoms with Crippen molar-refractivity contribution in [3.8, 4) is 5.75 Å². The highest BCUT2D eigenvalue weighted by atomic mass is 19.4. The Morgan fingerprint density at radius 1 is 1.20 bits per heavy atom. The molecule has 0 fully saturated rings. The van der Waals surface area contributed by atoms with Crippen molar-refractivity contribution in [3.05, 3.63) is 51.0 Å². The quantitative estimate of drug-likeness (QED) is 0.276. The number of carbonyl (C=O) groups excluding carboxylic acids is 3. The summed E-state index contributed by atoms with van der Waals surface area (Å²) in [5.74, 6) is -9.07. The van der Waals surface area contributed by atoms with Crippen molar-refractivity contribution < 1.29 is 48.0 Å². The minimum absolute atomic E-state index is 0.253. The zero-order valence-electron chi connectivity index (χ0n) is 23.3. The van der Waals surface area contributed by atoms with Gasteiger partial charge in [0.25, 0.3) is 5.91 Å². The zero-order valence-corrected chi connectivity index (χ0v) is 23.3. The zero-order chi connectivity index (χ0) is 31.0. The minimum atomic E-state index is -4.91. The van der Waals surface area contributed by atoms with Crippen LogP contribution in [0.4, 0.5) is 13.2 Å². The summed E-state index contributed by atoms with van der Waals surface area (Å²) in [4.78, 5) is 40.5. The number of ketones is 2. The molecule has 0 aromatic heterocycles. The molecule has 1 aromatic rings. The minimum Gasteiger partial charge on any atom is -0.510 e. The number of nitrogens with zero attached hydrogens (tertiary/aromatic N) is 1. The molecule has 13 heteroatoms. The van der Waals surface area contributed by atoms with E-state index in [2.05, 4.69) is 5.32 Å². The van der Waals surface area contributed by atoms with Crippen LogP contribution in [-0.4, -0.2) is 74.1 Å². The van der Waals surface area contributed by atoms with E-state index in [1.165, 1.54) is 19.0 Å². The van der Waals surface area contributed by atoms with Crippen LogP contribution >= 0.6 is 0 Å². The van der Waals surface area contributed by atoms with Gasteiger partial charge in [0.2, 0.25) is 5.78 Å². The lowest BCUT2D eigenvalue weighted by Crippen LogP contribution is -2.63. The summed E-state index contributed by atoms with van der Waals surface area (Å²) >= 11 is 0. The van der Waals surface area contributed by atoms with Gasteiger partial charge in [-0.25, -0.2) is 0 Å². The number of rotatable bonds is 6. The van der Waals surface area contributed by atoms with Crippen molar-refractivity contribution in [3.63, 3.8) is 0 Å². The molecular formula is C28H34F3N3O7. The number of primary amides is 1. The summed E-state index contributed by atoms with van der Waals surface area (Å²) in [5.41, 5.74) is -2.07. The molecule has 3 aliphatic carbocycles. The molecule has 41 heavy (non-hydrogen) atoms. The fraction of sp³-hybridized carbons (Fsp3) is 0.536. The van der Waals surface area contributed by atoms with Crippen LogP contribution in [0.2, 0.25) is 0 Å². The first-order valence-corrected chi connectivity index (χ1v) is 13.1. The van der Waals surface area contributed by atoms with E-state index in [4.69, 9.17) is 5.73 Å². The summed E-state index contributed by atoms with van der Waals surface area (Å²) in [7, 11) is 2.92. The number of nitrogens with two attached hydrogens (primary N) is 1. The third-order valence-electron chi connectivity index (χ3n) is 8.73. The lowest BCUT2D eigenvalue weighted by atomic mass is 9.58. The van der Waals surface area contributed by atoms with Crippen LogP contribution in [0.1, 0.15) is 60.7 Å². The Morgan fingerprint density at radius 3 is 2.32 bits per heavy atom. The van der Waals surface area contributed by atoms with E-state index >= 15 is 0 Å². The van der Waals surface area contributed by atoms with Crippen molar-refractivity contribution in [1.82, 2.24) is 10.2 Å². The van der Waals surface area contributed by atoms with Gasteiger partial charge in [-0.05, 0) is 70.3 Å². The highest BCUT2D eigenvalue weighted by molar-refractivity contribution is 6.24. The number of allylic oxidation sites excluding steroid dienone is 1. The van der Waals surface area contributed by atoms with Crippen molar-refractivity contribution in [1.29, 1.82) is 0 Å². The predicted octanol–water partition coefficient (Wildman–Crippen LogP) is 2.42. The van der Waals surface area contributed by atoms with Crippen LogP contribution in [0.5, 0.6) is 5.75 Å². The van der Waals surface area contributed by atoms with Crippen molar-refractivity contribution in [2.45, 2.75) is 69.9 Å². The van der Waals surface area contributed by atoms with Crippen LogP contribution in [0.3, 0.4) is 0 Å². The number of amides is 1. The van der Waals surface area contributed by atoms with Crippen LogP contribution in [0.15, 0.2) is 28.7 Å². The number of carbonyl (C=O) groups is 3. The predicted molar refractivity (Wildman–Crippen MR) is 140 cm³/mol. The van der Waals surface area contributed by atoms with Gasteiger partial charge in [0.05, 0.1) is 17.2 Å². The average Bonchev–Trinajstić information content (AvgIpc) is 2.83. The average molecular weight is 582 g/mol. The van der Waals surface area contributed by atoms with E-state index < -0.39 is 104 Å². The fourth-order valence-electron chi connectivity index (χ4n) is 6.34. The first-order chi connectivity index (χ1) is 18.8. The number of aromatic hydroxyl groups is 1. The van der Waals surface area contributed by atoms with Crippen molar-refractivity contribution >= 4 is 17.5 Å². The number of likely N-dealkylation sites (N-methyl/N-ethyl adjacent to an activating group) is 1. The number of phenolic OH excluding ortho intramolecular Hbond substituents is 1. The number of benzene rings is 1. The third-order valence-corrected chi connectivity index (χ3v) is 8.73. The molecule has 10 nitrogen and oxygen atoms in total. The van der Waals surface area contributed by atoms with Gasteiger partial charge in [-0.2, -0.15) is 13.2 Å². The molecule has 4 atom stereocenters. The summed E-state index contributed by atoms with van der Waals surface area (Å²) in [6.07, 6.45) is -5.07. The number of phenols is 1. The van der Waals surface area contributed by atoms with Gasteiger partial charge < -0.3 is 31.5 Å². The molecule has 7 N–H and O–H groups in total. The van der Waals surface area contributed by atoms with Crippen molar-refractivity contribution in [2.24, 2.45) is 17.6 Å². The van der Waals surface area contributed by atoms with Crippen LogP contribution in [0.25, 0.3) is 0 Å². The van der Waals surface area contributed by atoms with Gasteiger partial charge >= 0.3 is 6.18 Å². The first kappa shape index (κ1) is 30.5. The second kappa shape index (κ2) is 9.85. The first-order valence-electron chi connectivity index (χ1n) is 13.1. The molecule has 0 saturated heterocycles. The molecule has 0 aliphatic heterocycles. The molecule has 1 aromatic carbocycles. The summed E-state index contributed by atoms with van der Waals surface area (Å²) in [6.45, 7) is 5.23. The summed E-state index contributed by atoms with van der Waals surface area (Å²) < 4.78 is 43.7. The molecule has 0 heterocycles. The Balaban J connectivity index is 1.94. The fourth-order valence-corrected chi connectivity index (χ4v) is 6.34. The third kappa shape index (κ3) is 4.59. The Labute approximate surface area is 234 Å². The Kier molecular flexibility index (Phi) is 7.33. The molecule has 1 amide bonds. The van der Waals surface area contributed by atoms with Gasteiger partial charge in [-0.1, -0.05) is 6.92 Å². The normalized spacial score (nSPS) is 26.7. The molecule has 0 spiro atoms. The SMILES string of the molecule is CCC(C)(C)NCc1cc(O)c2c(c1C(F)(F)F)C[C@H]1C[C@H]3[C@H](N(C)C)C(O)=C(C(N)=O)C(=O)[C@@]3(O)C(O)=C1C2=O. The molecule has 0 bridgehead atoms. The van der Waals surface area contributed by atoms with E-state index in [1.807, 2.05) is 20.8 Å². The van der Waals surface area contributed by atoms with E-state index in [0.29, 0.717) is 6.42 Å². The molecular weight excluding hydrogens is 547 g/mol. The van der Waals surface area contributed by atoms with E-state index in [0.717, 1.165) is 6.07 Å². The van der Waals surface area contributed by atoms with Crippen LogP contribution < -0.4 is 11.1 Å². The summed E-state index contributed by atoms with van der Waals surface area (Å²) in [6, 6.07) is -0.390. The lowest BCUT2D eigenvalue weighted by Gasteiger charge is -2.50. The van der Waals surface area contributed by atoms with Gasteiger partial charge in [-0.3, -0.25) is 19.3 Å². The highest BCUT2D eigenvalue weighted by Crippen LogP contribution is 2.53. The molecule has 0 radical (unpaired) electrons. The Hall–Kier alpha value is -3.42. The molecule has 4 rings (SSSR count). The monoisotopic (exact) mass is 581 g/mol. The van der Waals surface area contributed by atoms with Gasteiger partial charge in [-0.15, -0.1) is 0 Å². The van der Waals surface area contributed by atoms with E-state index in [-0.39, 0.29) is 18.5 Å². The summed E-state index contributed by atoms with van der Waals surface area (Å²) in [5, 5.41) is 47.6. The number of hydrogen-bond acceptors (Lipinski definition) is 9.